The van der Waals surface area contributed by atoms with Gasteiger partial charge >= 0.3 is 0 Å². The molecule has 0 atom stereocenters. The summed E-state index contributed by atoms with van der Waals surface area (Å²) in [7, 11) is 2.08. The number of piperazine rings is 1. The van der Waals surface area contributed by atoms with Gasteiger partial charge in [-0.15, -0.1) is 0 Å². The van der Waals surface area contributed by atoms with E-state index in [1.807, 2.05) is 21.9 Å². The van der Waals surface area contributed by atoms with Crippen LogP contribution >= 0.6 is 23.2 Å². The molecule has 2 fully saturated rings. The average Bonchev–Trinajstić information content (AvgIpc) is 2.84. The number of amides is 2. The molecule has 2 heterocycles. The largest absolute Gasteiger partial charge is 0.493 e. The van der Waals surface area contributed by atoms with Crippen molar-refractivity contribution in [2.45, 2.75) is 19.3 Å². The van der Waals surface area contributed by atoms with E-state index in [9.17, 15) is 9.59 Å². The van der Waals surface area contributed by atoms with Crippen LogP contribution in [-0.2, 0) is 4.79 Å². The molecule has 182 valence electrons. The van der Waals surface area contributed by atoms with Gasteiger partial charge in [0.1, 0.15) is 5.75 Å². The van der Waals surface area contributed by atoms with Crippen molar-refractivity contribution in [2.75, 3.05) is 52.9 Å². The fourth-order valence-electron chi connectivity index (χ4n) is 4.62. The Labute approximate surface area is 211 Å². The standard InChI is InChI=1S/C26H31Cl2N3O3/c1-29-13-15-30(16-14-29)24(32)18-26(19-34-23-7-5-21(27)6-8-23)9-11-31(12-10-26)25(33)20-3-2-4-22(28)17-20/h2-8,17H,9-16,18-19H2,1H3. The number of ether oxygens (including phenoxy) is 1. The lowest BCUT2D eigenvalue weighted by molar-refractivity contribution is -0.136. The van der Waals surface area contributed by atoms with Crippen molar-refractivity contribution in [2.24, 2.45) is 5.41 Å². The molecule has 34 heavy (non-hydrogen) atoms. The normalized spacial score (nSPS) is 18.6. The first-order valence-electron chi connectivity index (χ1n) is 11.7. The highest BCUT2D eigenvalue weighted by Crippen LogP contribution is 2.37. The molecule has 0 spiro atoms. The van der Waals surface area contributed by atoms with E-state index in [1.165, 1.54) is 0 Å². The van der Waals surface area contributed by atoms with E-state index in [0.29, 0.717) is 54.6 Å². The summed E-state index contributed by atoms with van der Waals surface area (Å²) in [6, 6.07) is 14.3. The second-order valence-electron chi connectivity index (χ2n) is 9.41. The van der Waals surface area contributed by atoms with Crippen molar-refractivity contribution in [3.05, 3.63) is 64.1 Å². The molecule has 2 aromatic rings. The van der Waals surface area contributed by atoms with E-state index in [1.54, 1.807) is 36.4 Å². The number of hydrogen-bond acceptors (Lipinski definition) is 4. The number of nitrogens with zero attached hydrogens (tertiary/aromatic N) is 3. The maximum Gasteiger partial charge on any atom is 0.253 e. The van der Waals surface area contributed by atoms with E-state index in [-0.39, 0.29) is 17.2 Å². The van der Waals surface area contributed by atoms with Crippen LogP contribution in [0.15, 0.2) is 48.5 Å². The number of benzene rings is 2. The predicted octanol–water partition coefficient (Wildman–Crippen LogP) is 4.46. The van der Waals surface area contributed by atoms with Crippen LogP contribution < -0.4 is 4.74 Å². The number of hydrogen-bond donors (Lipinski definition) is 0. The second kappa shape index (κ2) is 11.0. The summed E-state index contributed by atoms with van der Waals surface area (Å²) in [5.74, 6) is 0.871. The average molecular weight is 504 g/mol. The van der Waals surface area contributed by atoms with E-state index in [4.69, 9.17) is 27.9 Å². The molecule has 0 radical (unpaired) electrons. The maximum atomic E-state index is 13.2. The van der Waals surface area contributed by atoms with E-state index in [0.717, 1.165) is 31.9 Å². The fraction of sp³-hybridized carbons (Fsp3) is 0.462. The predicted molar refractivity (Wildman–Crippen MR) is 135 cm³/mol. The summed E-state index contributed by atoms with van der Waals surface area (Å²) in [5.41, 5.74) is 0.261. The zero-order valence-electron chi connectivity index (χ0n) is 19.5. The molecule has 0 aromatic heterocycles. The summed E-state index contributed by atoms with van der Waals surface area (Å²) < 4.78 is 6.15. The van der Waals surface area contributed by atoms with Crippen molar-refractivity contribution in [3.63, 3.8) is 0 Å². The van der Waals surface area contributed by atoms with Gasteiger partial charge in [0, 0.05) is 66.7 Å². The Morgan fingerprint density at radius 1 is 0.882 bits per heavy atom. The third-order valence-corrected chi connectivity index (χ3v) is 7.41. The zero-order chi connectivity index (χ0) is 24.1. The zero-order valence-corrected chi connectivity index (χ0v) is 21.0. The Balaban J connectivity index is 1.44. The molecule has 2 aliphatic heterocycles. The van der Waals surface area contributed by atoms with Gasteiger partial charge in [-0.1, -0.05) is 29.3 Å². The van der Waals surface area contributed by atoms with E-state index in [2.05, 4.69) is 11.9 Å². The van der Waals surface area contributed by atoms with Crippen LogP contribution in [-0.4, -0.2) is 79.4 Å². The Morgan fingerprint density at radius 3 is 2.21 bits per heavy atom. The van der Waals surface area contributed by atoms with Crippen molar-refractivity contribution >= 4 is 35.0 Å². The van der Waals surface area contributed by atoms with Gasteiger partial charge in [-0.2, -0.15) is 0 Å². The first kappa shape index (κ1) is 24.8. The molecule has 6 nitrogen and oxygen atoms in total. The number of likely N-dealkylation sites (N-methyl/N-ethyl adjacent to an activating group) is 1. The molecule has 2 aliphatic rings. The van der Waals surface area contributed by atoms with Crippen LogP contribution in [0.3, 0.4) is 0 Å². The van der Waals surface area contributed by atoms with Gasteiger partial charge in [-0.3, -0.25) is 9.59 Å². The Kier molecular flexibility index (Phi) is 8.02. The topological polar surface area (TPSA) is 53.1 Å². The van der Waals surface area contributed by atoms with Gasteiger partial charge in [-0.25, -0.2) is 0 Å². The number of likely N-dealkylation sites (tertiary alicyclic amines) is 1. The lowest BCUT2D eigenvalue weighted by atomic mass is 9.75. The number of halogens is 2. The van der Waals surface area contributed by atoms with Crippen LogP contribution in [0, 0.1) is 5.41 Å². The van der Waals surface area contributed by atoms with E-state index < -0.39 is 0 Å². The number of rotatable bonds is 6. The van der Waals surface area contributed by atoms with Crippen molar-refractivity contribution < 1.29 is 14.3 Å². The molecule has 2 amide bonds. The molecular weight excluding hydrogens is 473 g/mol. The van der Waals surface area contributed by atoms with Gasteiger partial charge in [-0.05, 0) is 62.4 Å². The Bertz CT molecular complexity index is 999. The maximum absolute atomic E-state index is 13.2. The molecule has 8 heteroatoms. The lowest BCUT2D eigenvalue weighted by Crippen LogP contribution is -2.51. The third-order valence-electron chi connectivity index (χ3n) is 6.92. The van der Waals surface area contributed by atoms with Gasteiger partial charge in [0.15, 0.2) is 0 Å². The highest BCUT2D eigenvalue weighted by Gasteiger charge is 2.40. The molecule has 2 saturated heterocycles. The number of piperidine rings is 1. The van der Waals surface area contributed by atoms with Crippen LogP contribution in [0.5, 0.6) is 5.75 Å². The summed E-state index contributed by atoms with van der Waals surface area (Å²) in [5, 5.41) is 1.20. The first-order chi connectivity index (χ1) is 16.3. The smallest absolute Gasteiger partial charge is 0.253 e. The molecule has 4 rings (SSSR count). The monoisotopic (exact) mass is 503 g/mol. The highest BCUT2D eigenvalue weighted by molar-refractivity contribution is 6.31. The fourth-order valence-corrected chi connectivity index (χ4v) is 4.93. The molecular formula is C26H31Cl2N3O3. The summed E-state index contributed by atoms with van der Waals surface area (Å²) in [4.78, 5) is 32.3. The van der Waals surface area contributed by atoms with Crippen LogP contribution in [0.1, 0.15) is 29.6 Å². The number of carbonyl (C=O) groups is 2. The molecule has 0 saturated carbocycles. The van der Waals surface area contributed by atoms with Crippen molar-refractivity contribution in [1.29, 1.82) is 0 Å². The highest BCUT2D eigenvalue weighted by atomic mass is 35.5. The SMILES string of the molecule is CN1CCN(C(=O)CC2(COc3ccc(Cl)cc3)CCN(C(=O)c3cccc(Cl)c3)CC2)CC1. The molecule has 0 N–H and O–H groups in total. The Hall–Kier alpha value is -2.28. The summed E-state index contributed by atoms with van der Waals surface area (Å²) in [6.45, 7) is 4.86. The minimum Gasteiger partial charge on any atom is -0.493 e. The minimum atomic E-state index is -0.328. The van der Waals surface area contributed by atoms with Crippen LogP contribution in [0.2, 0.25) is 10.0 Å². The first-order valence-corrected chi connectivity index (χ1v) is 12.5. The van der Waals surface area contributed by atoms with Crippen LogP contribution in [0.4, 0.5) is 0 Å². The number of carbonyl (C=O) groups excluding carboxylic acids is 2. The molecule has 2 aromatic carbocycles. The van der Waals surface area contributed by atoms with Crippen molar-refractivity contribution in [1.82, 2.24) is 14.7 Å². The van der Waals surface area contributed by atoms with Gasteiger partial charge in [0.2, 0.25) is 5.91 Å². The molecule has 0 bridgehead atoms. The van der Waals surface area contributed by atoms with Gasteiger partial charge < -0.3 is 19.4 Å². The third kappa shape index (κ3) is 6.23. The van der Waals surface area contributed by atoms with E-state index >= 15 is 0 Å². The van der Waals surface area contributed by atoms with Gasteiger partial charge in [0.25, 0.3) is 5.91 Å². The lowest BCUT2D eigenvalue weighted by Gasteiger charge is -2.42. The Morgan fingerprint density at radius 2 is 1.56 bits per heavy atom. The van der Waals surface area contributed by atoms with Gasteiger partial charge in [0.05, 0.1) is 6.61 Å². The van der Waals surface area contributed by atoms with Crippen LogP contribution in [0.25, 0.3) is 0 Å². The summed E-state index contributed by atoms with van der Waals surface area (Å²) in [6.07, 6.45) is 1.82. The molecule has 0 aliphatic carbocycles. The summed E-state index contributed by atoms with van der Waals surface area (Å²) >= 11 is 12.1. The van der Waals surface area contributed by atoms with Crippen molar-refractivity contribution in [3.8, 4) is 5.75 Å². The molecule has 0 unspecified atom stereocenters. The second-order valence-corrected chi connectivity index (χ2v) is 10.3. The quantitative estimate of drug-likeness (QED) is 0.583. The minimum absolute atomic E-state index is 0.0277.